The van der Waals surface area contributed by atoms with Crippen LogP contribution in [0.25, 0.3) is 0 Å². The maximum absolute atomic E-state index is 12.0. The van der Waals surface area contributed by atoms with Gasteiger partial charge in [-0.3, -0.25) is 14.4 Å². The molecule has 0 aliphatic carbocycles. The maximum Gasteiger partial charge on any atom is 0.306 e. The van der Waals surface area contributed by atoms with Gasteiger partial charge < -0.3 is 20.7 Å². The average Bonchev–Trinajstić information content (AvgIpc) is 2.52. The number of carbonyl (C=O) groups is 3. The number of benzene rings is 1. The van der Waals surface area contributed by atoms with Gasteiger partial charge in [-0.25, -0.2) is 0 Å². The lowest BCUT2D eigenvalue weighted by Gasteiger charge is -2.18. The van der Waals surface area contributed by atoms with Crippen molar-refractivity contribution in [1.29, 1.82) is 0 Å². The molecule has 1 rings (SSSR count). The quantitative estimate of drug-likeness (QED) is 0.519. The molecule has 3 N–H and O–H groups in total. The van der Waals surface area contributed by atoms with Crippen LogP contribution in [0.4, 0.5) is 11.4 Å². The molecule has 0 saturated heterocycles. The summed E-state index contributed by atoms with van der Waals surface area (Å²) >= 11 is 5.09. The molecule has 0 atom stereocenters. The van der Waals surface area contributed by atoms with Crippen LogP contribution >= 0.6 is 12.2 Å². The van der Waals surface area contributed by atoms with Crippen molar-refractivity contribution in [2.24, 2.45) is 5.41 Å². The largest absolute Gasteiger partial charge is 0.466 e. The second-order valence-electron chi connectivity index (χ2n) is 6.59. The fourth-order valence-corrected chi connectivity index (χ4v) is 2.03. The van der Waals surface area contributed by atoms with E-state index in [2.05, 4.69) is 16.0 Å². The van der Waals surface area contributed by atoms with Crippen LogP contribution in [-0.2, 0) is 19.1 Å². The number of thiocarbonyl (C=S) groups is 1. The van der Waals surface area contributed by atoms with Crippen molar-refractivity contribution >= 4 is 46.5 Å². The van der Waals surface area contributed by atoms with Crippen LogP contribution in [0, 0.1) is 5.41 Å². The van der Waals surface area contributed by atoms with Crippen molar-refractivity contribution in [1.82, 2.24) is 5.32 Å². The first-order valence-corrected chi connectivity index (χ1v) is 8.70. The Hall–Kier alpha value is -2.48. The van der Waals surface area contributed by atoms with Gasteiger partial charge in [-0.05, 0) is 37.3 Å². The smallest absolute Gasteiger partial charge is 0.306 e. The molecule has 142 valence electrons. The third-order valence-corrected chi connectivity index (χ3v) is 3.38. The predicted octanol–water partition coefficient (Wildman–Crippen LogP) is 2.83. The minimum atomic E-state index is -0.508. The van der Waals surface area contributed by atoms with E-state index in [1.54, 1.807) is 31.2 Å². The molecule has 0 spiro atoms. The molecule has 0 bridgehead atoms. The van der Waals surface area contributed by atoms with Crippen LogP contribution in [0.15, 0.2) is 24.3 Å². The number of hydrogen-bond donors (Lipinski definition) is 3. The first kappa shape index (κ1) is 21.6. The zero-order valence-corrected chi connectivity index (χ0v) is 16.3. The number of ether oxygens (including phenoxy) is 1. The van der Waals surface area contributed by atoms with E-state index in [0.717, 1.165) is 0 Å². The van der Waals surface area contributed by atoms with E-state index in [0.29, 0.717) is 11.4 Å². The standard InChI is InChI=1S/C18H25N3O4S/c1-5-25-15(23)10-9-14(22)21-17(26)20-13-8-6-7-12(11-13)19-16(24)18(2,3)4/h6-8,11H,5,9-10H2,1-4H3,(H,19,24)(H2,20,21,22,26). The second kappa shape index (κ2) is 9.86. The Kier molecular flexibility index (Phi) is 8.18. The number of carbonyl (C=O) groups excluding carboxylic acids is 3. The zero-order valence-electron chi connectivity index (χ0n) is 15.5. The van der Waals surface area contributed by atoms with Crippen molar-refractivity contribution in [2.45, 2.75) is 40.5 Å². The molecule has 2 amide bonds. The van der Waals surface area contributed by atoms with E-state index in [-0.39, 0.29) is 36.4 Å². The van der Waals surface area contributed by atoms with Crippen LogP contribution in [0.3, 0.4) is 0 Å². The molecule has 8 heteroatoms. The predicted molar refractivity (Wildman–Crippen MR) is 105 cm³/mol. The van der Waals surface area contributed by atoms with Crippen LogP contribution in [0.1, 0.15) is 40.5 Å². The summed E-state index contributed by atoms with van der Waals surface area (Å²) in [5, 5.41) is 8.30. The molecule has 26 heavy (non-hydrogen) atoms. The van der Waals surface area contributed by atoms with Gasteiger partial charge in [-0.15, -0.1) is 0 Å². The zero-order chi connectivity index (χ0) is 19.7. The van der Waals surface area contributed by atoms with E-state index in [4.69, 9.17) is 17.0 Å². The number of anilines is 2. The van der Waals surface area contributed by atoms with Crippen molar-refractivity contribution in [3.05, 3.63) is 24.3 Å². The molecular weight excluding hydrogens is 354 g/mol. The highest BCUT2D eigenvalue weighted by atomic mass is 32.1. The van der Waals surface area contributed by atoms with E-state index < -0.39 is 11.4 Å². The van der Waals surface area contributed by atoms with Gasteiger partial charge in [-0.1, -0.05) is 26.8 Å². The minimum absolute atomic E-state index is 0.00337. The SMILES string of the molecule is CCOC(=O)CCC(=O)NC(=S)Nc1cccc(NC(=O)C(C)(C)C)c1. The Balaban J connectivity index is 2.54. The summed E-state index contributed by atoms with van der Waals surface area (Å²) < 4.78 is 4.76. The van der Waals surface area contributed by atoms with Gasteiger partial charge in [0.15, 0.2) is 5.11 Å². The Morgan fingerprint density at radius 1 is 1.08 bits per heavy atom. The van der Waals surface area contributed by atoms with Gasteiger partial charge in [0, 0.05) is 23.2 Å². The third kappa shape index (κ3) is 8.06. The van der Waals surface area contributed by atoms with Crippen molar-refractivity contribution in [3.63, 3.8) is 0 Å². The van der Waals surface area contributed by atoms with Gasteiger partial charge in [0.1, 0.15) is 0 Å². The highest BCUT2D eigenvalue weighted by molar-refractivity contribution is 7.80. The summed E-state index contributed by atoms with van der Waals surface area (Å²) in [6, 6.07) is 6.98. The second-order valence-corrected chi connectivity index (χ2v) is 7.00. The van der Waals surface area contributed by atoms with Crippen LogP contribution < -0.4 is 16.0 Å². The van der Waals surface area contributed by atoms with Crippen molar-refractivity contribution in [2.75, 3.05) is 17.2 Å². The topological polar surface area (TPSA) is 96.5 Å². The molecule has 0 saturated carbocycles. The van der Waals surface area contributed by atoms with E-state index >= 15 is 0 Å². The van der Waals surface area contributed by atoms with Gasteiger partial charge in [0.25, 0.3) is 0 Å². The molecule has 0 aliphatic heterocycles. The highest BCUT2D eigenvalue weighted by Crippen LogP contribution is 2.20. The molecule has 0 aliphatic rings. The summed E-state index contributed by atoms with van der Waals surface area (Å²) in [4.78, 5) is 35.0. The van der Waals surface area contributed by atoms with Gasteiger partial charge in [0.2, 0.25) is 11.8 Å². The normalized spacial score (nSPS) is 10.6. The third-order valence-electron chi connectivity index (χ3n) is 3.17. The Morgan fingerprint density at radius 2 is 1.69 bits per heavy atom. The Morgan fingerprint density at radius 3 is 2.27 bits per heavy atom. The lowest BCUT2D eigenvalue weighted by molar-refractivity contribution is -0.144. The Bertz CT molecular complexity index is 683. The molecule has 0 radical (unpaired) electrons. The molecule has 0 unspecified atom stereocenters. The van der Waals surface area contributed by atoms with Gasteiger partial charge in [-0.2, -0.15) is 0 Å². The van der Waals surface area contributed by atoms with Crippen molar-refractivity contribution < 1.29 is 19.1 Å². The minimum Gasteiger partial charge on any atom is -0.466 e. The maximum atomic E-state index is 12.0. The highest BCUT2D eigenvalue weighted by Gasteiger charge is 2.21. The number of esters is 1. The van der Waals surface area contributed by atoms with Crippen LogP contribution in [0.5, 0.6) is 0 Å². The molecule has 0 aromatic heterocycles. The molecule has 0 fully saturated rings. The molecule has 0 heterocycles. The summed E-state index contributed by atoms with van der Waals surface area (Å²) in [6.07, 6.45) is -0.0149. The number of nitrogens with one attached hydrogen (secondary N) is 3. The lowest BCUT2D eigenvalue weighted by atomic mass is 9.95. The summed E-state index contributed by atoms with van der Waals surface area (Å²) in [7, 11) is 0. The number of hydrogen-bond acceptors (Lipinski definition) is 5. The summed E-state index contributed by atoms with van der Waals surface area (Å²) in [5.74, 6) is -0.916. The number of rotatable bonds is 6. The number of amides is 2. The molecule has 1 aromatic carbocycles. The summed E-state index contributed by atoms with van der Waals surface area (Å²) in [5.41, 5.74) is 0.727. The molecular formula is C18H25N3O4S. The van der Waals surface area contributed by atoms with Crippen molar-refractivity contribution in [3.8, 4) is 0 Å². The van der Waals surface area contributed by atoms with Gasteiger partial charge >= 0.3 is 5.97 Å². The first-order chi connectivity index (χ1) is 12.1. The average molecular weight is 379 g/mol. The van der Waals surface area contributed by atoms with Crippen LogP contribution in [-0.4, -0.2) is 29.5 Å². The van der Waals surface area contributed by atoms with Gasteiger partial charge in [0.05, 0.1) is 13.0 Å². The van der Waals surface area contributed by atoms with E-state index in [1.165, 1.54) is 0 Å². The lowest BCUT2D eigenvalue weighted by Crippen LogP contribution is -2.34. The fraction of sp³-hybridized carbons (Fsp3) is 0.444. The first-order valence-electron chi connectivity index (χ1n) is 8.29. The summed E-state index contributed by atoms with van der Waals surface area (Å²) in [6.45, 7) is 7.46. The fourth-order valence-electron chi connectivity index (χ4n) is 1.79. The van der Waals surface area contributed by atoms with Crippen LogP contribution in [0.2, 0.25) is 0 Å². The molecule has 7 nitrogen and oxygen atoms in total. The molecule has 1 aromatic rings. The van der Waals surface area contributed by atoms with E-state index in [1.807, 2.05) is 20.8 Å². The Labute approximate surface area is 158 Å². The van der Waals surface area contributed by atoms with E-state index in [9.17, 15) is 14.4 Å². The monoisotopic (exact) mass is 379 g/mol.